The third kappa shape index (κ3) is 4.22. The number of rotatable bonds is 8. The van der Waals surface area contributed by atoms with E-state index >= 15 is 0 Å². The van der Waals surface area contributed by atoms with Gasteiger partial charge in [-0.3, -0.25) is 0 Å². The summed E-state index contributed by atoms with van der Waals surface area (Å²) in [7, 11) is 1.70. The van der Waals surface area contributed by atoms with Gasteiger partial charge in [-0.05, 0) is 49.9 Å². The van der Waals surface area contributed by atoms with Crippen molar-refractivity contribution in [1.82, 2.24) is 5.32 Å². The van der Waals surface area contributed by atoms with Crippen LogP contribution in [0.1, 0.15) is 44.2 Å². The molecule has 1 saturated carbocycles. The van der Waals surface area contributed by atoms with E-state index in [1.54, 1.807) is 7.11 Å². The third-order valence-corrected chi connectivity index (χ3v) is 3.71. The lowest BCUT2D eigenvalue weighted by Crippen LogP contribution is -2.30. The van der Waals surface area contributed by atoms with Gasteiger partial charge in [0.25, 0.3) is 0 Å². The number of benzene rings is 1. The molecule has 0 amide bonds. The summed E-state index contributed by atoms with van der Waals surface area (Å²) < 4.78 is 11.2. The fraction of sp³-hybridized carbons (Fsp3) is 0.625. The zero-order valence-corrected chi connectivity index (χ0v) is 12.0. The number of ether oxygens (including phenoxy) is 2. The fourth-order valence-corrected chi connectivity index (χ4v) is 2.20. The van der Waals surface area contributed by atoms with Gasteiger partial charge in [-0.1, -0.05) is 19.1 Å². The summed E-state index contributed by atoms with van der Waals surface area (Å²) in [6, 6.07) is 8.55. The number of hydrogen-bond acceptors (Lipinski definition) is 3. The van der Waals surface area contributed by atoms with E-state index in [2.05, 4.69) is 24.4 Å². The maximum atomic E-state index is 5.95. The molecule has 0 radical (unpaired) electrons. The van der Waals surface area contributed by atoms with Crippen molar-refractivity contribution in [2.45, 2.75) is 44.8 Å². The second-order valence-corrected chi connectivity index (χ2v) is 5.17. The molecule has 1 N–H and O–H groups in total. The average Bonchev–Trinajstić information content (AvgIpc) is 2.41. The highest BCUT2D eigenvalue weighted by atomic mass is 16.5. The minimum Gasteiger partial charge on any atom is -0.497 e. The quantitative estimate of drug-likeness (QED) is 0.780. The zero-order chi connectivity index (χ0) is 13.5. The molecule has 19 heavy (non-hydrogen) atoms. The van der Waals surface area contributed by atoms with Crippen LogP contribution < -0.4 is 10.1 Å². The molecule has 0 aliphatic heterocycles. The number of methoxy groups -OCH3 is 1. The van der Waals surface area contributed by atoms with Crippen LogP contribution in [0.4, 0.5) is 0 Å². The predicted octanol–water partition coefficient (Wildman–Crippen LogP) is 3.31. The molecule has 3 nitrogen and oxygen atoms in total. The van der Waals surface area contributed by atoms with Crippen molar-refractivity contribution in [1.29, 1.82) is 0 Å². The van der Waals surface area contributed by atoms with Crippen LogP contribution in [0.3, 0.4) is 0 Å². The Labute approximate surface area is 116 Å². The van der Waals surface area contributed by atoms with E-state index in [0.29, 0.717) is 6.10 Å². The van der Waals surface area contributed by atoms with Crippen LogP contribution in [0.15, 0.2) is 24.3 Å². The molecule has 1 aromatic rings. The molecule has 3 heteroatoms. The normalized spacial score (nSPS) is 16.9. The maximum absolute atomic E-state index is 5.95. The molecule has 0 aromatic heterocycles. The Balaban J connectivity index is 1.93. The van der Waals surface area contributed by atoms with E-state index in [1.165, 1.54) is 24.8 Å². The first-order valence-corrected chi connectivity index (χ1v) is 7.32. The summed E-state index contributed by atoms with van der Waals surface area (Å²) in [4.78, 5) is 0. The molecule has 0 saturated heterocycles. The summed E-state index contributed by atoms with van der Waals surface area (Å²) in [5, 5.41) is 3.56. The Morgan fingerprint density at radius 1 is 1.26 bits per heavy atom. The Morgan fingerprint density at radius 2 is 2.00 bits per heavy atom. The lowest BCUT2D eigenvalue weighted by Gasteiger charge is -2.28. The smallest absolute Gasteiger partial charge is 0.118 e. The lowest BCUT2D eigenvalue weighted by molar-refractivity contribution is -0.00876. The highest BCUT2D eigenvalue weighted by molar-refractivity contribution is 5.29. The van der Waals surface area contributed by atoms with Gasteiger partial charge in [-0.15, -0.1) is 0 Å². The standard InChI is InChI=1S/C16H25NO2/c1-3-11-17-16(12-19-15-5-4-6-15)13-7-9-14(18-2)10-8-13/h7-10,15-17H,3-6,11-12H2,1-2H3. The predicted molar refractivity (Wildman–Crippen MR) is 77.6 cm³/mol. The molecule has 106 valence electrons. The molecular formula is C16H25NO2. The van der Waals surface area contributed by atoms with Crippen LogP contribution in [0.5, 0.6) is 5.75 Å². The van der Waals surface area contributed by atoms with E-state index in [9.17, 15) is 0 Å². The Bertz CT molecular complexity index is 360. The largest absolute Gasteiger partial charge is 0.497 e. The third-order valence-electron chi connectivity index (χ3n) is 3.71. The molecule has 0 spiro atoms. The van der Waals surface area contributed by atoms with Gasteiger partial charge in [-0.2, -0.15) is 0 Å². The van der Waals surface area contributed by atoms with Gasteiger partial charge in [0.1, 0.15) is 5.75 Å². The summed E-state index contributed by atoms with van der Waals surface area (Å²) in [5.41, 5.74) is 1.27. The zero-order valence-electron chi connectivity index (χ0n) is 12.0. The first-order chi connectivity index (χ1) is 9.33. The first-order valence-electron chi connectivity index (χ1n) is 7.32. The van der Waals surface area contributed by atoms with Crippen molar-refractivity contribution >= 4 is 0 Å². The molecule has 2 rings (SSSR count). The van der Waals surface area contributed by atoms with E-state index in [1.807, 2.05) is 12.1 Å². The van der Waals surface area contributed by atoms with Gasteiger partial charge >= 0.3 is 0 Å². The SMILES string of the molecule is CCCNC(COC1CCC1)c1ccc(OC)cc1. The highest BCUT2D eigenvalue weighted by Gasteiger charge is 2.20. The fourth-order valence-electron chi connectivity index (χ4n) is 2.20. The van der Waals surface area contributed by atoms with Crippen LogP contribution in [0.25, 0.3) is 0 Å². The van der Waals surface area contributed by atoms with Gasteiger partial charge < -0.3 is 14.8 Å². The summed E-state index contributed by atoms with van der Waals surface area (Å²) in [6.07, 6.45) is 5.40. The van der Waals surface area contributed by atoms with Gasteiger partial charge in [0.05, 0.1) is 25.9 Å². The highest BCUT2D eigenvalue weighted by Crippen LogP contribution is 2.24. The van der Waals surface area contributed by atoms with Gasteiger partial charge in [0.2, 0.25) is 0 Å². The second kappa shape index (κ2) is 7.51. The molecule has 0 heterocycles. The van der Waals surface area contributed by atoms with Crippen LogP contribution in [-0.2, 0) is 4.74 Å². The first kappa shape index (κ1) is 14.4. The van der Waals surface area contributed by atoms with Crippen LogP contribution in [0.2, 0.25) is 0 Å². The molecule has 1 aliphatic carbocycles. The van der Waals surface area contributed by atoms with E-state index in [4.69, 9.17) is 9.47 Å². The molecule has 1 aliphatic rings. The van der Waals surface area contributed by atoms with Crippen molar-refractivity contribution in [3.63, 3.8) is 0 Å². The minimum absolute atomic E-state index is 0.284. The Kier molecular flexibility index (Phi) is 5.67. The number of hydrogen-bond donors (Lipinski definition) is 1. The second-order valence-electron chi connectivity index (χ2n) is 5.17. The van der Waals surface area contributed by atoms with Gasteiger partial charge in [-0.25, -0.2) is 0 Å². The summed E-state index contributed by atoms with van der Waals surface area (Å²) >= 11 is 0. The van der Waals surface area contributed by atoms with Crippen molar-refractivity contribution in [3.8, 4) is 5.75 Å². The molecule has 0 bridgehead atoms. The molecule has 1 unspecified atom stereocenters. The average molecular weight is 263 g/mol. The van der Waals surface area contributed by atoms with E-state index in [-0.39, 0.29) is 6.04 Å². The van der Waals surface area contributed by atoms with Crippen molar-refractivity contribution in [2.75, 3.05) is 20.3 Å². The molecular weight excluding hydrogens is 238 g/mol. The Morgan fingerprint density at radius 3 is 2.53 bits per heavy atom. The summed E-state index contributed by atoms with van der Waals surface area (Å²) in [5.74, 6) is 0.901. The Hall–Kier alpha value is -1.06. The van der Waals surface area contributed by atoms with Crippen molar-refractivity contribution in [2.24, 2.45) is 0 Å². The van der Waals surface area contributed by atoms with Gasteiger partial charge in [0.15, 0.2) is 0 Å². The van der Waals surface area contributed by atoms with E-state index in [0.717, 1.165) is 25.3 Å². The van der Waals surface area contributed by atoms with E-state index < -0.39 is 0 Å². The van der Waals surface area contributed by atoms with Crippen LogP contribution >= 0.6 is 0 Å². The monoisotopic (exact) mass is 263 g/mol. The maximum Gasteiger partial charge on any atom is 0.118 e. The minimum atomic E-state index is 0.284. The van der Waals surface area contributed by atoms with Crippen LogP contribution in [0, 0.1) is 0 Å². The van der Waals surface area contributed by atoms with Crippen molar-refractivity contribution in [3.05, 3.63) is 29.8 Å². The van der Waals surface area contributed by atoms with Crippen molar-refractivity contribution < 1.29 is 9.47 Å². The van der Waals surface area contributed by atoms with Gasteiger partial charge in [0, 0.05) is 0 Å². The molecule has 1 fully saturated rings. The topological polar surface area (TPSA) is 30.5 Å². The number of nitrogens with one attached hydrogen (secondary N) is 1. The summed E-state index contributed by atoms with van der Waals surface area (Å²) in [6.45, 7) is 3.96. The molecule has 1 atom stereocenters. The van der Waals surface area contributed by atoms with Crippen LogP contribution in [-0.4, -0.2) is 26.4 Å². The molecule has 1 aromatic carbocycles. The lowest BCUT2D eigenvalue weighted by atomic mass is 9.96.